The van der Waals surface area contributed by atoms with Crippen LogP contribution in [0.2, 0.25) is 0 Å². The van der Waals surface area contributed by atoms with Gasteiger partial charge in [0, 0.05) is 18.0 Å². The molecule has 0 aliphatic rings. The Balaban J connectivity index is 1.80. The summed E-state index contributed by atoms with van der Waals surface area (Å²) in [6.45, 7) is 0. The van der Waals surface area contributed by atoms with Gasteiger partial charge in [-0.2, -0.15) is 0 Å². The standard InChI is InChI=1S/C20H15N5O2/c26-20(27)24-15-10-16(13-6-8-21-9-7-13)18(22-11-15)19-23-12-17(25-19)14-4-2-1-3-5-14/h1-12,24H,(H,23,25)(H,26,27). The van der Waals surface area contributed by atoms with Crippen molar-refractivity contribution in [2.75, 3.05) is 5.32 Å². The van der Waals surface area contributed by atoms with Crippen molar-refractivity contribution >= 4 is 11.8 Å². The zero-order valence-electron chi connectivity index (χ0n) is 14.1. The summed E-state index contributed by atoms with van der Waals surface area (Å²) in [6.07, 6.45) is 5.43. The second-order valence-corrected chi connectivity index (χ2v) is 5.80. The van der Waals surface area contributed by atoms with Gasteiger partial charge in [-0.05, 0) is 29.3 Å². The number of aromatic amines is 1. The van der Waals surface area contributed by atoms with E-state index in [4.69, 9.17) is 5.11 Å². The van der Waals surface area contributed by atoms with Crippen LogP contribution in [0, 0.1) is 0 Å². The third-order valence-electron chi connectivity index (χ3n) is 4.02. The number of hydrogen-bond donors (Lipinski definition) is 3. The third-order valence-corrected chi connectivity index (χ3v) is 4.02. The Morgan fingerprint density at radius 1 is 0.963 bits per heavy atom. The summed E-state index contributed by atoms with van der Waals surface area (Å²) in [6, 6.07) is 15.3. The lowest BCUT2D eigenvalue weighted by atomic mass is 10.0. The second-order valence-electron chi connectivity index (χ2n) is 5.80. The molecule has 7 heteroatoms. The first kappa shape index (κ1) is 16.5. The Morgan fingerprint density at radius 3 is 2.48 bits per heavy atom. The van der Waals surface area contributed by atoms with Crippen molar-refractivity contribution in [2.45, 2.75) is 0 Å². The van der Waals surface area contributed by atoms with Crippen LogP contribution in [-0.2, 0) is 0 Å². The normalized spacial score (nSPS) is 10.5. The number of H-pyrrole nitrogens is 1. The minimum absolute atomic E-state index is 0.382. The van der Waals surface area contributed by atoms with Crippen molar-refractivity contribution in [3.05, 3.63) is 73.3 Å². The van der Waals surface area contributed by atoms with Crippen LogP contribution in [0.15, 0.2) is 73.3 Å². The van der Waals surface area contributed by atoms with E-state index < -0.39 is 6.09 Å². The number of benzene rings is 1. The van der Waals surface area contributed by atoms with E-state index in [9.17, 15) is 4.79 Å². The Kier molecular flexibility index (Phi) is 4.32. The number of imidazole rings is 1. The monoisotopic (exact) mass is 357 g/mol. The highest BCUT2D eigenvalue weighted by Gasteiger charge is 2.14. The Bertz CT molecular complexity index is 1080. The highest BCUT2D eigenvalue weighted by Crippen LogP contribution is 2.31. The fourth-order valence-corrected chi connectivity index (χ4v) is 2.80. The van der Waals surface area contributed by atoms with Crippen LogP contribution in [0.1, 0.15) is 0 Å². The summed E-state index contributed by atoms with van der Waals surface area (Å²) in [4.78, 5) is 27.2. The summed E-state index contributed by atoms with van der Waals surface area (Å²) >= 11 is 0. The van der Waals surface area contributed by atoms with Gasteiger partial charge < -0.3 is 10.1 Å². The van der Waals surface area contributed by atoms with Gasteiger partial charge >= 0.3 is 6.09 Å². The third kappa shape index (κ3) is 3.52. The van der Waals surface area contributed by atoms with E-state index in [0.717, 1.165) is 22.4 Å². The minimum Gasteiger partial charge on any atom is -0.465 e. The predicted octanol–water partition coefficient (Wildman–Crippen LogP) is 4.29. The van der Waals surface area contributed by atoms with Crippen molar-refractivity contribution < 1.29 is 9.90 Å². The lowest BCUT2D eigenvalue weighted by Gasteiger charge is -2.09. The number of nitrogens with zero attached hydrogens (tertiary/aromatic N) is 3. The lowest BCUT2D eigenvalue weighted by Crippen LogP contribution is -2.08. The molecule has 0 spiro atoms. The number of rotatable bonds is 4. The molecule has 3 heterocycles. The van der Waals surface area contributed by atoms with Gasteiger partial charge in [-0.25, -0.2) is 9.78 Å². The van der Waals surface area contributed by atoms with Crippen molar-refractivity contribution in [1.82, 2.24) is 19.9 Å². The zero-order valence-corrected chi connectivity index (χ0v) is 14.1. The molecule has 0 aliphatic carbocycles. The van der Waals surface area contributed by atoms with E-state index in [0.29, 0.717) is 17.2 Å². The van der Waals surface area contributed by atoms with Gasteiger partial charge in [0.1, 0.15) is 5.69 Å². The fraction of sp³-hybridized carbons (Fsp3) is 0. The van der Waals surface area contributed by atoms with E-state index in [-0.39, 0.29) is 0 Å². The molecular weight excluding hydrogens is 342 g/mol. The highest BCUT2D eigenvalue weighted by molar-refractivity contribution is 5.87. The molecule has 0 aliphatic heterocycles. The molecule has 7 nitrogen and oxygen atoms in total. The van der Waals surface area contributed by atoms with Crippen LogP contribution in [0.25, 0.3) is 33.9 Å². The summed E-state index contributed by atoms with van der Waals surface area (Å²) in [5.74, 6) is 0.600. The van der Waals surface area contributed by atoms with Crippen LogP contribution in [0.3, 0.4) is 0 Å². The van der Waals surface area contributed by atoms with Gasteiger partial charge in [0.25, 0.3) is 0 Å². The molecule has 3 N–H and O–H groups in total. The SMILES string of the molecule is O=C(O)Nc1cnc(-c2ncc(-c3ccccc3)[nH]2)c(-c2ccncc2)c1. The molecule has 0 atom stereocenters. The van der Waals surface area contributed by atoms with Gasteiger partial charge in [-0.3, -0.25) is 15.3 Å². The van der Waals surface area contributed by atoms with Crippen molar-refractivity contribution in [2.24, 2.45) is 0 Å². The van der Waals surface area contributed by atoms with Crippen LogP contribution in [0.4, 0.5) is 10.5 Å². The first-order chi connectivity index (χ1) is 13.2. The van der Waals surface area contributed by atoms with Crippen molar-refractivity contribution in [3.8, 4) is 33.9 Å². The first-order valence-electron chi connectivity index (χ1n) is 8.22. The maximum atomic E-state index is 11.0. The molecule has 1 amide bonds. The molecule has 4 aromatic rings. The Hall–Kier alpha value is -4.00. The van der Waals surface area contributed by atoms with E-state index in [2.05, 4.69) is 25.3 Å². The predicted molar refractivity (Wildman–Crippen MR) is 102 cm³/mol. The zero-order chi connectivity index (χ0) is 18.6. The first-order valence-corrected chi connectivity index (χ1v) is 8.22. The molecular formula is C20H15N5O2. The van der Waals surface area contributed by atoms with Crippen LogP contribution < -0.4 is 5.32 Å². The largest absolute Gasteiger partial charge is 0.465 e. The highest BCUT2D eigenvalue weighted by atomic mass is 16.4. The lowest BCUT2D eigenvalue weighted by molar-refractivity contribution is 0.209. The molecule has 0 radical (unpaired) electrons. The number of hydrogen-bond acceptors (Lipinski definition) is 4. The molecule has 0 bridgehead atoms. The summed E-state index contributed by atoms with van der Waals surface area (Å²) in [5.41, 5.74) is 4.51. The van der Waals surface area contributed by atoms with Crippen molar-refractivity contribution in [3.63, 3.8) is 0 Å². The number of carboxylic acid groups (broad SMARTS) is 1. The molecule has 4 rings (SSSR count). The topological polar surface area (TPSA) is 104 Å². The smallest absolute Gasteiger partial charge is 0.409 e. The fourth-order valence-electron chi connectivity index (χ4n) is 2.80. The molecule has 0 unspecified atom stereocenters. The number of amides is 1. The van der Waals surface area contributed by atoms with E-state index in [1.807, 2.05) is 42.5 Å². The number of anilines is 1. The van der Waals surface area contributed by atoms with Gasteiger partial charge in [0.15, 0.2) is 5.82 Å². The average molecular weight is 357 g/mol. The van der Waals surface area contributed by atoms with E-state index in [1.165, 1.54) is 6.20 Å². The van der Waals surface area contributed by atoms with Gasteiger partial charge in [-0.15, -0.1) is 0 Å². The number of carbonyl (C=O) groups is 1. The summed E-state index contributed by atoms with van der Waals surface area (Å²) in [5, 5.41) is 11.3. The summed E-state index contributed by atoms with van der Waals surface area (Å²) < 4.78 is 0. The van der Waals surface area contributed by atoms with Crippen LogP contribution in [-0.4, -0.2) is 31.1 Å². The molecule has 0 fully saturated rings. The Labute approximate surface area is 154 Å². The van der Waals surface area contributed by atoms with E-state index in [1.54, 1.807) is 24.7 Å². The van der Waals surface area contributed by atoms with E-state index >= 15 is 0 Å². The van der Waals surface area contributed by atoms with Gasteiger partial charge in [0.2, 0.25) is 0 Å². The van der Waals surface area contributed by atoms with Crippen LogP contribution in [0.5, 0.6) is 0 Å². The number of pyridine rings is 2. The second kappa shape index (κ2) is 7.09. The number of aromatic nitrogens is 4. The molecule has 27 heavy (non-hydrogen) atoms. The maximum Gasteiger partial charge on any atom is 0.409 e. The summed E-state index contributed by atoms with van der Waals surface area (Å²) in [7, 11) is 0. The van der Waals surface area contributed by atoms with Crippen LogP contribution >= 0.6 is 0 Å². The molecule has 132 valence electrons. The molecule has 0 saturated carbocycles. The maximum absolute atomic E-state index is 11.0. The minimum atomic E-state index is -1.14. The van der Waals surface area contributed by atoms with Gasteiger partial charge in [-0.1, -0.05) is 30.3 Å². The van der Waals surface area contributed by atoms with Gasteiger partial charge in [0.05, 0.1) is 23.8 Å². The molecule has 1 aromatic carbocycles. The number of nitrogens with one attached hydrogen (secondary N) is 2. The molecule has 3 aromatic heterocycles. The Morgan fingerprint density at radius 2 is 1.74 bits per heavy atom. The quantitative estimate of drug-likeness (QED) is 0.505. The average Bonchev–Trinajstić information content (AvgIpc) is 3.19. The molecule has 0 saturated heterocycles. The van der Waals surface area contributed by atoms with Crippen molar-refractivity contribution in [1.29, 1.82) is 0 Å².